The summed E-state index contributed by atoms with van der Waals surface area (Å²) in [5.74, 6) is 1.00. The Balaban J connectivity index is 1.71. The van der Waals surface area contributed by atoms with Gasteiger partial charge in [-0.05, 0) is 70.0 Å². The molecule has 3 aliphatic heterocycles. The lowest BCUT2D eigenvalue weighted by atomic mass is 9.69. The molecular weight excluding hydrogens is 264 g/mol. The molecule has 3 saturated heterocycles. The van der Waals surface area contributed by atoms with E-state index in [0.717, 1.165) is 37.3 Å². The predicted octanol–water partition coefficient (Wildman–Crippen LogP) is 2.44. The maximum absolute atomic E-state index is 10.8. The third kappa shape index (κ3) is 3.11. The fraction of sp³-hybridized carbons (Fsp3) is 0.941. The van der Waals surface area contributed by atoms with Crippen LogP contribution in [0.3, 0.4) is 0 Å². The molecule has 3 rings (SSSR count). The number of hydrogen-bond donors (Lipinski definition) is 1. The van der Waals surface area contributed by atoms with Crippen molar-refractivity contribution in [3.05, 3.63) is 0 Å². The molecule has 0 radical (unpaired) electrons. The van der Waals surface area contributed by atoms with E-state index < -0.39 is 5.97 Å². The predicted molar refractivity (Wildman–Crippen MR) is 83.3 cm³/mol. The molecule has 21 heavy (non-hydrogen) atoms. The first kappa shape index (κ1) is 15.3. The molecule has 120 valence electrons. The Kier molecular flexibility index (Phi) is 4.85. The monoisotopic (exact) mass is 294 g/mol. The maximum Gasteiger partial charge on any atom is 0.303 e. The molecule has 4 nitrogen and oxygen atoms in total. The lowest BCUT2D eigenvalue weighted by Gasteiger charge is -2.57. The number of piperidine rings is 3. The number of hydrogen-bond acceptors (Lipinski definition) is 3. The normalized spacial score (nSPS) is 37.2. The maximum atomic E-state index is 10.8. The summed E-state index contributed by atoms with van der Waals surface area (Å²) in [5.41, 5.74) is 0. The molecule has 0 bridgehead atoms. The molecule has 4 atom stereocenters. The molecule has 3 fully saturated rings. The Morgan fingerprint density at radius 1 is 1.24 bits per heavy atom. The van der Waals surface area contributed by atoms with Crippen LogP contribution in [-0.2, 0) is 4.79 Å². The van der Waals surface area contributed by atoms with Gasteiger partial charge in [0.15, 0.2) is 0 Å². The highest BCUT2D eigenvalue weighted by atomic mass is 16.4. The van der Waals surface area contributed by atoms with Crippen molar-refractivity contribution in [1.82, 2.24) is 9.80 Å². The zero-order valence-electron chi connectivity index (χ0n) is 13.3. The summed E-state index contributed by atoms with van der Waals surface area (Å²) in [6, 6.07) is 1.42. The number of carboxylic acid groups (broad SMARTS) is 1. The number of likely N-dealkylation sites (tertiary alicyclic amines) is 1. The Morgan fingerprint density at radius 3 is 2.71 bits per heavy atom. The van der Waals surface area contributed by atoms with Crippen molar-refractivity contribution < 1.29 is 9.90 Å². The van der Waals surface area contributed by atoms with Crippen molar-refractivity contribution in [2.24, 2.45) is 11.8 Å². The van der Waals surface area contributed by atoms with E-state index in [0.29, 0.717) is 12.5 Å². The second kappa shape index (κ2) is 6.66. The Morgan fingerprint density at radius 2 is 2.00 bits per heavy atom. The standard InChI is InChI=1S/C17H30N2O2/c1-2-18-12-13-6-4-10-19-11-5-7-14(17(13)19)15(18)8-3-9-16(20)21/h13-15,17H,2-12H2,1H3,(H,20,21)/t13-,14+,15+,17-/m0/s1. The summed E-state index contributed by atoms with van der Waals surface area (Å²) in [7, 11) is 0. The van der Waals surface area contributed by atoms with E-state index in [1.165, 1.54) is 45.3 Å². The minimum Gasteiger partial charge on any atom is -0.481 e. The zero-order chi connectivity index (χ0) is 14.8. The van der Waals surface area contributed by atoms with Crippen LogP contribution in [0.5, 0.6) is 0 Å². The first-order chi connectivity index (χ1) is 10.2. The van der Waals surface area contributed by atoms with Crippen LogP contribution in [0.25, 0.3) is 0 Å². The summed E-state index contributed by atoms with van der Waals surface area (Å²) in [6.07, 6.45) is 7.70. The van der Waals surface area contributed by atoms with Gasteiger partial charge in [-0.25, -0.2) is 0 Å². The first-order valence-corrected chi connectivity index (χ1v) is 8.90. The Bertz CT molecular complexity index is 372. The van der Waals surface area contributed by atoms with E-state index in [1.807, 2.05) is 0 Å². The Hall–Kier alpha value is -0.610. The summed E-state index contributed by atoms with van der Waals surface area (Å²) in [6.45, 7) is 7.23. The average Bonchev–Trinajstić information content (AvgIpc) is 2.49. The van der Waals surface area contributed by atoms with Crippen LogP contribution in [-0.4, -0.2) is 59.1 Å². The molecule has 4 heteroatoms. The number of nitrogens with zero attached hydrogens (tertiary/aromatic N) is 2. The van der Waals surface area contributed by atoms with Crippen molar-refractivity contribution >= 4 is 5.97 Å². The molecule has 3 heterocycles. The summed E-state index contributed by atoms with van der Waals surface area (Å²) < 4.78 is 0. The molecular formula is C17H30N2O2. The van der Waals surface area contributed by atoms with Gasteiger partial charge in [0.05, 0.1) is 0 Å². The van der Waals surface area contributed by atoms with Crippen molar-refractivity contribution in [3.8, 4) is 0 Å². The number of rotatable bonds is 5. The van der Waals surface area contributed by atoms with Gasteiger partial charge in [0.1, 0.15) is 0 Å². The summed E-state index contributed by atoms with van der Waals surface area (Å²) in [5, 5.41) is 8.91. The quantitative estimate of drug-likeness (QED) is 0.846. The van der Waals surface area contributed by atoms with Gasteiger partial charge in [-0.1, -0.05) is 6.92 Å². The molecule has 0 spiro atoms. The average molecular weight is 294 g/mol. The third-order valence-corrected chi connectivity index (χ3v) is 6.08. The van der Waals surface area contributed by atoms with Crippen LogP contribution in [0, 0.1) is 11.8 Å². The Labute approximate surface area is 128 Å². The molecule has 1 N–H and O–H groups in total. The van der Waals surface area contributed by atoms with Crippen LogP contribution in [0.1, 0.15) is 51.9 Å². The lowest BCUT2D eigenvalue weighted by molar-refractivity contribution is -0.137. The fourth-order valence-corrected chi connectivity index (χ4v) is 5.31. The van der Waals surface area contributed by atoms with E-state index in [4.69, 9.17) is 5.11 Å². The van der Waals surface area contributed by atoms with E-state index in [-0.39, 0.29) is 0 Å². The van der Waals surface area contributed by atoms with Crippen LogP contribution >= 0.6 is 0 Å². The van der Waals surface area contributed by atoms with Crippen LogP contribution in [0.2, 0.25) is 0 Å². The van der Waals surface area contributed by atoms with E-state index in [1.54, 1.807) is 0 Å². The van der Waals surface area contributed by atoms with Crippen molar-refractivity contribution in [2.75, 3.05) is 26.2 Å². The molecule has 0 amide bonds. The largest absolute Gasteiger partial charge is 0.481 e. The van der Waals surface area contributed by atoms with Crippen molar-refractivity contribution in [3.63, 3.8) is 0 Å². The number of carbonyl (C=O) groups is 1. The summed E-state index contributed by atoms with van der Waals surface area (Å²) >= 11 is 0. The topological polar surface area (TPSA) is 43.8 Å². The zero-order valence-corrected chi connectivity index (χ0v) is 13.3. The SMILES string of the molecule is CCN1C[C@@H]2CCCN3CCC[C@@H]([C@H]23)[C@H]1CCCC(=O)O. The van der Waals surface area contributed by atoms with Gasteiger partial charge in [0.25, 0.3) is 0 Å². The van der Waals surface area contributed by atoms with Crippen LogP contribution in [0.4, 0.5) is 0 Å². The van der Waals surface area contributed by atoms with Gasteiger partial charge in [0, 0.05) is 25.0 Å². The molecule has 0 aliphatic carbocycles. The molecule has 0 aromatic rings. The van der Waals surface area contributed by atoms with Gasteiger partial charge in [-0.2, -0.15) is 0 Å². The minimum atomic E-state index is -0.644. The molecule has 0 aromatic heterocycles. The highest BCUT2D eigenvalue weighted by Crippen LogP contribution is 2.43. The second-order valence-corrected chi connectivity index (χ2v) is 7.18. The molecule has 0 unspecified atom stereocenters. The van der Waals surface area contributed by atoms with E-state index in [2.05, 4.69) is 16.7 Å². The smallest absolute Gasteiger partial charge is 0.303 e. The van der Waals surface area contributed by atoms with Gasteiger partial charge in [0.2, 0.25) is 0 Å². The van der Waals surface area contributed by atoms with Crippen LogP contribution in [0.15, 0.2) is 0 Å². The fourth-order valence-electron chi connectivity index (χ4n) is 5.31. The van der Waals surface area contributed by atoms with Gasteiger partial charge in [-0.15, -0.1) is 0 Å². The van der Waals surface area contributed by atoms with Gasteiger partial charge >= 0.3 is 5.97 Å². The summed E-state index contributed by atoms with van der Waals surface area (Å²) in [4.78, 5) is 16.2. The van der Waals surface area contributed by atoms with E-state index >= 15 is 0 Å². The van der Waals surface area contributed by atoms with E-state index in [9.17, 15) is 4.79 Å². The van der Waals surface area contributed by atoms with Crippen molar-refractivity contribution in [2.45, 2.75) is 64.0 Å². The molecule has 3 aliphatic rings. The number of aliphatic carboxylic acids is 1. The molecule has 0 saturated carbocycles. The van der Waals surface area contributed by atoms with Gasteiger partial charge < -0.3 is 5.11 Å². The minimum absolute atomic E-state index is 0.332. The first-order valence-electron chi connectivity index (χ1n) is 8.90. The second-order valence-electron chi connectivity index (χ2n) is 7.18. The number of carboxylic acids is 1. The molecule has 0 aromatic carbocycles. The highest BCUT2D eigenvalue weighted by molar-refractivity contribution is 5.66. The van der Waals surface area contributed by atoms with Crippen LogP contribution < -0.4 is 0 Å². The lowest BCUT2D eigenvalue weighted by Crippen LogP contribution is -2.64. The third-order valence-electron chi connectivity index (χ3n) is 6.08. The highest BCUT2D eigenvalue weighted by Gasteiger charge is 2.47. The van der Waals surface area contributed by atoms with Gasteiger partial charge in [-0.3, -0.25) is 14.6 Å². The van der Waals surface area contributed by atoms with Crippen molar-refractivity contribution in [1.29, 1.82) is 0 Å².